The second-order valence-electron chi connectivity index (χ2n) is 19.1. The van der Waals surface area contributed by atoms with E-state index in [4.69, 9.17) is 0 Å². The summed E-state index contributed by atoms with van der Waals surface area (Å²) in [6, 6.07) is 123. The summed E-state index contributed by atoms with van der Waals surface area (Å²) in [5.74, 6) is 0. The number of benzene rings is 12. The number of halogens is 12. The zero-order valence-corrected chi connectivity index (χ0v) is 58.2. The van der Waals surface area contributed by atoms with E-state index in [-0.39, 0.29) is 53.0 Å². The van der Waals surface area contributed by atoms with Gasteiger partial charge in [-0.1, -0.05) is 169 Å². The van der Waals surface area contributed by atoms with Crippen LogP contribution in [0.5, 0.6) is 0 Å². The Hall–Kier alpha value is -6.46. The van der Waals surface area contributed by atoms with Gasteiger partial charge in [-0.05, 0) is 194 Å². The molecular formula is C72H56F12S6Sb2+2. The Kier molecular flexibility index (Phi) is 27.0. The van der Waals surface area contributed by atoms with Gasteiger partial charge in [0, 0.05) is 19.6 Å². The SMILES string of the molecule is [F-].[F-].[F][Sb]([F])([F])([F])[F].[F][Sb]([F])([F])([F])[F].c1ccc([S+](c2ccccc2)c2ccc(Sc3ccc([S+](c4ccccc4)c4ccccc4)cc3)cc2)cc1.c1ccc([S+](c2ccccc2)c2ccc(Sc3ccc([S+](c4ccccc4)c4ccccc4)cc3)cc2)cc1. The van der Waals surface area contributed by atoms with Crippen molar-refractivity contribution in [3.05, 3.63) is 340 Å². The Bertz CT molecular complexity index is 3370. The molecule has 0 radical (unpaired) electrons. The van der Waals surface area contributed by atoms with Crippen LogP contribution in [0.4, 0.5) is 28.1 Å². The minimum Gasteiger partial charge on any atom is -0.0901 e. The maximum atomic E-state index is 9.91. The Morgan fingerprint density at radius 2 is 0.261 bits per heavy atom. The molecule has 0 unspecified atom stereocenters. The van der Waals surface area contributed by atoms with Crippen molar-refractivity contribution in [2.45, 2.75) is 78.3 Å². The van der Waals surface area contributed by atoms with Gasteiger partial charge in [0.25, 0.3) is 0 Å². The van der Waals surface area contributed by atoms with Crippen LogP contribution in [0.15, 0.2) is 418 Å². The molecule has 12 aromatic rings. The molecule has 20 heteroatoms. The van der Waals surface area contributed by atoms with Gasteiger partial charge in [-0.3, -0.25) is 0 Å². The van der Waals surface area contributed by atoms with Crippen LogP contribution in [0.1, 0.15) is 0 Å². The predicted molar refractivity (Wildman–Crippen MR) is 357 cm³/mol. The molecule has 0 spiro atoms. The van der Waals surface area contributed by atoms with E-state index >= 15 is 0 Å². The van der Waals surface area contributed by atoms with E-state index in [1.54, 1.807) is 0 Å². The number of hydrogen-bond acceptors (Lipinski definition) is 2. The minimum absolute atomic E-state index is 0. The quantitative estimate of drug-likeness (QED) is 0.0537. The van der Waals surface area contributed by atoms with Gasteiger partial charge in [0.15, 0.2) is 58.7 Å². The first-order valence-corrected chi connectivity index (χ1v) is 43.7. The molecule has 0 aliphatic rings. The van der Waals surface area contributed by atoms with Crippen molar-refractivity contribution in [1.82, 2.24) is 0 Å². The molecule has 0 aromatic heterocycles. The predicted octanol–water partition coefficient (Wildman–Crippen LogP) is 17.5. The van der Waals surface area contributed by atoms with Crippen molar-refractivity contribution >= 4 is 108 Å². The van der Waals surface area contributed by atoms with Crippen LogP contribution in [-0.2, 0) is 43.6 Å². The summed E-state index contributed by atoms with van der Waals surface area (Å²) in [5.41, 5.74) is 0. The Morgan fingerprint density at radius 1 is 0.163 bits per heavy atom. The van der Waals surface area contributed by atoms with Gasteiger partial charge < -0.3 is 9.41 Å². The third-order valence-electron chi connectivity index (χ3n) is 12.5. The molecule has 0 amide bonds. The van der Waals surface area contributed by atoms with Gasteiger partial charge in [0.1, 0.15) is 0 Å². The fourth-order valence-electron chi connectivity index (χ4n) is 8.93. The topological polar surface area (TPSA) is 0 Å². The van der Waals surface area contributed by atoms with Gasteiger partial charge in [-0.15, -0.1) is 0 Å². The molecule has 0 aliphatic carbocycles. The van der Waals surface area contributed by atoms with Crippen LogP contribution in [0, 0.1) is 0 Å². The molecule has 0 heterocycles. The Morgan fingerprint density at radius 3 is 0.370 bits per heavy atom. The first-order valence-electron chi connectivity index (χ1n) is 27.5. The molecule has 0 nitrogen and oxygen atoms in total. The van der Waals surface area contributed by atoms with E-state index in [2.05, 4.69) is 340 Å². The van der Waals surface area contributed by atoms with Gasteiger partial charge in [-0.25, -0.2) is 0 Å². The Balaban J connectivity index is 0.000000218. The normalized spacial score (nSPS) is 11.9. The van der Waals surface area contributed by atoms with Crippen LogP contribution >= 0.6 is 23.5 Å². The molecule has 92 heavy (non-hydrogen) atoms. The average molecular weight is 1590 g/mol. The third-order valence-corrected chi connectivity index (χ3v) is 23.5. The van der Waals surface area contributed by atoms with Crippen LogP contribution in [0.25, 0.3) is 0 Å². The van der Waals surface area contributed by atoms with Gasteiger partial charge >= 0.3 is 68.7 Å². The van der Waals surface area contributed by atoms with Gasteiger partial charge in [0.05, 0.1) is 43.6 Å². The summed E-state index contributed by atoms with van der Waals surface area (Å²) in [7, 11) is -0.491. The Labute approximate surface area is 557 Å². The molecule has 0 saturated carbocycles. The third kappa shape index (κ3) is 24.1. The maximum Gasteiger partial charge on any atom is 0.166 e. The molecule has 0 atom stereocenters. The molecule has 12 aromatic carbocycles. The fraction of sp³-hybridized carbons (Fsp3) is 0. The van der Waals surface area contributed by atoms with E-state index in [1.807, 2.05) is 23.5 Å². The van der Waals surface area contributed by atoms with Crippen molar-refractivity contribution in [2.75, 3.05) is 0 Å². The van der Waals surface area contributed by atoms with Crippen LogP contribution in [0.2, 0.25) is 0 Å². The zero-order valence-electron chi connectivity index (χ0n) is 48.2. The molecule has 0 saturated heterocycles. The monoisotopic (exact) mass is 1580 g/mol. The van der Waals surface area contributed by atoms with Crippen molar-refractivity contribution in [3.63, 3.8) is 0 Å². The smallest absolute Gasteiger partial charge is 0.0901 e. The van der Waals surface area contributed by atoms with Crippen molar-refractivity contribution < 1.29 is 37.5 Å². The summed E-state index contributed by atoms with van der Waals surface area (Å²) >= 11 is -14.7. The summed E-state index contributed by atoms with van der Waals surface area (Å²) in [4.78, 5) is 21.1. The first-order chi connectivity index (χ1) is 43.2. The largest absolute Gasteiger partial charge is 0.166 e. The molecule has 0 N–H and O–H groups in total. The standard InChI is InChI=1S/2C36H28S3.12FH.2Sb/c2*1-5-13-31(14-6-1)38(32-15-7-2-8-16-32)35-25-21-29(22-26-35)37-30-23-27-36(28-24-30)39(33-17-9-3-10-18-33)34-19-11-4-12-20-34;;;;;;;;;;;;;;/h2*1-28H;12*1H;;/q2*+2;;;;;;;;;;;;;2*+5/p-12. The second kappa shape index (κ2) is 34.1. The van der Waals surface area contributed by atoms with Gasteiger partial charge in [-0.2, -0.15) is 0 Å². The van der Waals surface area contributed by atoms with Crippen molar-refractivity contribution in [3.8, 4) is 0 Å². The van der Waals surface area contributed by atoms with E-state index in [0.29, 0.717) is 0 Å². The molecule has 0 bridgehead atoms. The molecule has 0 fully saturated rings. The van der Waals surface area contributed by atoms with E-state index in [0.717, 1.165) is 0 Å². The van der Waals surface area contributed by atoms with Crippen molar-refractivity contribution in [1.29, 1.82) is 0 Å². The first kappa shape index (κ1) is 73.0. The summed E-state index contributed by atoms with van der Waals surface area (Å²) < 4.78 is 99.1. The van der Waals surface area contributed by atoms with Gasteiger partial charge in [0.2, 0.25) is 0 Å². The fourth-order valence-corrected chi connectivity index (χ4v) is 18.9. The molecule has 0 aliphatic heterocycles. The second-order valence-corrected chi connectivity index (χ2v) is 36.8. The van der Waals surface area contributed by atoms with Crippen molar-refractivity contribution in [2.24, 2.45) is 0 Å². The van der Waals surface area contributed by atoms with Crippen LogP contribution in [0.3, 0.4) is 0 Å². The number of rotatable bonds is 16. The van der Waals surface area contributed by atoms with Crippen LogP contribution < -0.4 is 9.41 Å². The zero-order chi connectivity index (χ0) is 63.5. The summed E-state index contributed by atoms with van der Waals surface area (Å²) in [6.07, 6.45) is 0. The maximum absolute atomic E-state index is 9.91. The average Bonchev–Trinajstić information content (AvgIpc) is 0.870. The minimum atomic E-state index is -9.19. The van der Waals surface area contributed by atoms with E-state index in [9.17, 15) is 28.1 Å². The van der Waals surface area contributed by atoms with E-state index < -0.39 is 40.6 Å². The van der Waals surface area contributed by atoms with Crippen LogP contribution in [-0.4, -0.2) is 40.6 Å². The van der Waals surface area contributed by atoms with E-state index in [1.165, 1.54) is 78.3 Å². The summed E-state index contributed by atoms with van der Waals surface area (Å²) in [6.45, 7) is 0. The molecule has 472 valence electrons. The molecular weight excluding hydrogens is 1530 g/mol. The number of hydrogen-bond donors (Lipinski definition) is 0. The molecule has 12 rings (SSSR count). The summed E-state index contributed by atoms with van der Waals surface area (Å²) in [5, 5.41) is 0.